The Morgan fingerprint density at radius 1 is 1.32 bits per heavy atom. The molecule has 1 heterocycles. The van der Waals surface area contributed by atoms with Gasteiger partial charge in [-0.1, -0.05) is 24.3 Å². The zero-order chi connectivity index (χ0) is 18.0. The summed E-state index contributed by atoms with van der Waals surface area (Å²) in [7, 11) is 0. The van der Waals surface area contributed by atoms with E-state index in [4.69, 9.17) is 10.5 Å². The van der Waals surface area contributed by atoms with E-state index in [1.807, 2.05) is 44.2 Å². The molecule has 0 saturated heterocycles. The van der Waals surface area contributed by atoms with E-state index < -0.39 is 0 Å². The summed E-state index contributed by atoms with van der Waals surface area (Å²) in [5, 5.41) is 2.85. The molecular formula is C19H21N3O3. The van der Waals surface area contributed by atoms with Gasteiger partial charge in [-0.2, -0.15) is 0 Å². The number of nitrogens with one attached hydrogen (secondary N) is 1. The van der Waals surface area contributed by atoms with Gasteiger partial charge in [-0.25, -0.2) is 0 Å². The summed E-state index contributed by atoms with van der Waals surface area (Å²) < 4.78 is 5.46. The maximum Gasteiger partial charge on any atom is 0.265 e. The minimum atomic E-state index is -0.262. The molecular weight excluding hydrogens is 318 g/mol. The van der Waals surface area contributed by atoms with Crippen LogP contribution in [0.5, 0.6) is 5.75 Å². The lowest BCUT2D eigenvalue weighted by Gasteiger charge is -2.29. The predicted octanol–water partition coefficient (Wildman–Crippen LogP) is 2.38. The van der Waals surface area contributed by atoms with Gasteiger partial charge in [-0.3, -0.25) is 14.5 Å². The lowest BCUT2D eigenvalue weighted by Crippen LogP contribution is -2.43. The van der Waals surface area contributed by atoms with Crippen LogP contribution in [0.3, 0.4) is 0 Å². The Bertz CT molecular complexity index is 817. The number of carbonyl (C=O) groups is 2. The molecule has 3 rings (SSSR count). The third-order valence-electron chi connectivity index (χ3n) is 4.17. The lowest BCUT2D eigenvalue weighted by molar-refractivity contribution is -0.123. The van der Waals surface area contributed by atoms with Crippen molar-refractivity contribution in [3.63, 3.8) is 0 Å². The van der Waals surface area contributed by atoms with Crippen molar-refractivity contribution >= 4 is 23.2 Å². The average molecular weight is 339 g/mol. The second-order valence-corrected chi connectivity index (χ2v) is 6.15. The summed E-state index contributed by atoms with van der Waals surface area (Å²) in [6.45, 7) is 3.62. The Kier molecular flexibility index (Phi) is 4.72. The van der Waals surface area contributed by atoms with Crippen LogP contribution in [0.2, 0.25) is 0 Å². The molecule has 0 radical (unpaired) electrons. The van der Waals surface area contributed by atoms with Gasteiger partial charge in [-0.05, 0) is 43.2 Å². The number of hydrogen-bond acceptors (Lipinski definition) is 4. The third-order valence-corrected chi connectivity index (χ3v) is 4.17. The minimum absolute atomic E-state index is 0.0774. The molecule has 0 aliphatic carbocycles. The van der Waals surface area contributed by atoms with Crippen molar-refractivity contribution in [3.05, 3.63) is 53.6 Å². The van der Waals surface area contributed by atoms with Crippen molar-refractivity contribution in [2.24, 2.45) is 5.73 Å². The van der Waals surface area contributed by atoms with Gasteiger partial charge in [0.25, 0.3) is 5.91 Å². The first-order valence-corrected chi connectivity index (χ1v) is 8.14. The first kappa shape index (κ1) is 17.0. The van der Waals surface area contributed by atoms with E-state index in [2.05, 4.69) is 5.32 Å². The van der Waals surface area contributed by atoms with Gasteiger partial charge < -0.3 is 15.8 Å². The molecule has 6 heteroatoms. The molecule has 2 amide bonds. The number of carbonyl (C=O) groups excluding carboxylic acids is 2. The molecule has 1 aliphatic heterocycles. The summed E-state index contributed by atoms with van der Waals surface area (Å²) in [6.07, 6.45) is 0. The van der Waals surface area contributed by atoms with Gasteiger partial charge in [0, 0.05) is 11.7 Å². The molecule has 1 unspecified atom stereocenters. The molecule has 0 spiro atoms. The molecule has 6 nitrogen and oxygen atoms in total. The number of nitrogens with zero attached hydrogens (tertiary/aromatic N) is 1. The molecule has 3 N–H and O–H groups in total. The number of para-hydroxylation sites is 1. The Labute approximate surface area is 146 Å². The summed E-state index contributed by atoms with van der Waals surface area (Å²) >= 11 is 0. The van der Waals surface area contributed by atoms with Gasteiger partial charge >= 0.3 is 0 Å². The maximum atomic E-state index is 12.4. The number of hydrogen-bond donors (Lipinski definition) is 2. The zero-order valence-electron chi connectivity index (χ0n) is 14.3. The second-order valence-electron chi connectivity index (χ2n) is 6.15. The molecule has 1 aliphatic rings. The van der Waals surface area contributed by atoms with Crippen LogP contribution in [-0.4, -0.2) is 25.0 Å². The number of ether oxygens (including phenoxy) is 1. The van der Waals surface area contributed by atoms with E-state index >= 15 is 0 Å². The summed E-state index contributed by atoms with van der Waals surface area (Å²) in [6, 6.07) is 12.8. The molecule has 0 fully saturated rings. The molecule has 0 bridgehead atoms. The second kappa shape index (κ2) is 6.94. The van der Waals surface area contributed by atoms with Gasteiger partial charge in [0.1, 0.15) is 12.3 Å². The monoisotopic (exact) mass is 339 g/mol. The van der Waals surface area contributed by atoms with E-state index in [9.17, 15) is 9.59 Å². The summed E-state index contributed by atoms with van der Waals surface area (Å²) in [5.74, 6) is 0.0589. The molecule has 2 aromatic carbocycles. The molecule has 25 heavy (non-hydrogen) atoms. The Balaban J connectivity index is 1.82. The van der Waals surface area contributed by atoms with E-state index in [1.54, 1.807) is 12.1 Å². The number of fused-ring (bicyclic) bond motifs is 1. The fourth-order valence-electron chi connectivity index (χ4n) is 2.72. The van der Waals surface area contributed by atoms with Crippen LogP contribution in [-0.2, 0) is 9.59 Å². The van der Waals surface area contributed by atoms with Crippen molar-refractivity contribution in [2.45, 2.75) is 19.9 Å². The molecule has 2 aromatic rings. The SMILES string of the molecule is Cc1ccccc1NC(=O)CN1C(=O)COc2ccc(C(C)N)cc21. The van der Waals surface area contributed by atoms with Crippen molar-refractivity contribution in [1.29, 1.82) is 0 Å². The van der Waals surface area contributed by atoms with Crippen LogP contribution in [0.4, 0.5) is 11.4 Å². The largest absolute Gasteiger partial charge is 0.482 e. The number of amides is 2. The van der Waals surface area contributed by atoms with E-state index in [0.29, 0.717) is 11.4 Å². The standard InChI is InChI=1S/C19H21N3O3/c1-12-5-3-4-6-15(12)21-18(23)10-22-16-9-14(13(2)20)7-8-17(16)25-11-19(22)24/h3-9,13H,10-11,20H2,1-2H3,(H,21,23). The number of aryl methyl sites for hydroxylation is 1. The number of rotatable bonds is 4. The Hall–Kier alpha value is -2.86. The molecule has 0 aromatic heterocycles. The average Bonchev–Trinajstić information content (AvgIpc) is 2.59. The van der Waals surface area contributed by atoms with Crippen LogP contribution >= 0.6 is 0 Å². The van der Waals surface area contributed by atoms with Crippen molar-refractivity contribution in [3.8, 4) is 5.75 Å². The number of nitrogens with two attached hydrogens (primary N) is 1. The molecule has 1 atom stereocenters. The summed E-state index contributed by atoms with van der Waals surface area (Å²) in [4.78, 5) is 26.2. The number of benzene rings is 2. The van der Waals surface area contributed by atoms with Crippen LogP contribution < -0.4 is 20.7 Å². The number of anilines is 2. The van der Waals surface area contributed by atoms with E-state index in [0.717, 1.165) is 16.8 Å². The highest BCUT2D eigenvalue weighted by atomic mass is 16.5. The first-order valence-electron chi connectivity index (χ1n) is 8.14. The van der Waals surface area contributed by atoms with E-state index in [1.165, 1.54) is 4.90 Å². The topological polar surface area (TPSA) is 84.7 Å². The Morgan fingerprint density at radius 2 is 2.08 bits per heavy atom. The Morgan fingerprint density at radius 3 is 2.80 bits per heavy atom. The third kappa shape index (κ3) is 3.64. The van der Waals surface area contributed by atoms with Crippen molar-refractivity contribution in [2.75, 3.05) is 23.4 Å². The van der Waals surface area contributed by atoms with Crippen molar-refractivity contribution < 1.29 is 14.3 Å². The van der Waals surface area contributed by atoms with Gasteiger partial charge in [0.05, 0.1) is 5.69 Å². The van der Waals surface area contributed by atoms with Crippen molar-refractivity contribution in [1.82, 2.24) is 0 Å². The quantitative estimate of drug-likeness (QED) is 0.896. The van der Waals surface area contributed by atoms with Crippen LogP contribution in [0.15, 0.2) is 42.5 Å². The highest BCUT2D eigenvalue weighted by molar-refractivity contribution is 6.05. The first-order chi connectivity index (χ1) is 12.0. The minimum Gasteiger partial charge on any atom is -0.482 e. The predicted molar refractivity (Wildman–Crippen MR) is 96.7 cm³/mol. The lowest BCUT2D eigenvalue weighted by atomic mass is 10.1. The molecule has 130 valence electrons. The highest BCUT2D eigenvalue weighted by Crippen LogP contribution is 2.34. The zero-order valence-corrected chi connectivity index (χ0v) is 14.3. The fourth-order valence-corrected chi connectivity index (χ4v) is 2.72. The van der Waals surface area contributed by atoms with Gasteiger partial charge in [-0.15, -0.1) is 0 Å². The van der Waals surface area contributed by atoms with E-state index in [-0.39, 0.29) is 31.0 Å². The fraction of sp³-hybridized carbons (Fsp3) is 0.263. The maximum absolute atomic E-state index is 12.4. The molecule has 0 saturated carbocycles. The summed E-state index contributed by atoms with van der Waals surface area (Å²) in [5.41, 5.74) is 9.07. The van der Waals surface area contributed by atoms with Gasteiger partial charge in [0.15, 0.2) is 6.61 Å². The van der Waals surface area contributed by atoms with Gasteiger partial charge in [0.2, 0.25) is 5.91 Å². The van der Waals surface area contributed by atoms with Crippen LogP contribution in [0, 0.1) is 6.92 Å². The van der Waals surface area contributed by atoms with Crippen LogP contribution in [0.25, 0.3) is 0 Å². The smallest absolute Gasteiger partial charge is 0.265 e. The normalized spacial score (nSPS) is 14.5. The highest BCUT2D eigenvalue weighted by Gasteiger charge is 2.28. The van der Waals surface area contributed by atoms with Crippen LogP contribution in [0.1, 0.15) is 24.1 Å².